The first-order chi connectivity index (χ1) is 8.66. The number of hydrogen-bond donors (Lipinski definition) is 0. The number of benzene rings is 1. The predicted octanol–water partition coefficient (Wildman–Crippen LogP) is 2.74. The van der Waals surface area contributed by atoms with Gasteiger partial charge in [-0.05, 0) is 12.1 Å². The van der Waals surface area contributed by atoms with Crippen molar-refractivity contribution in [1.82, 2.24) is 0 Å². The zero-order valence-corrected chi connectivity index (χ0v) is 10.6. The van der Waals surface area contributed by atoms with Crippen molar-refractivity contribution in [3.63, 3.8) is 0 Å². The summed E-state index contributed by atoms with van der Waals surface area (Å²) in [6, 6.07) is 5.27. The number of hydrogen-bond acceptors (Lipinski definition) is 4. The van der Waals surface area contributed by atoms with Crippen LogP contribution in [0.15, 0.2) is 28.3 Å². The van der Waals surface area contributed by atoms with Crippen LogP contribution < -0.4 is 9.47 Å². The van der Waals surface area contributed by atoms with E-state index >= 15 is 0 Å². The van der Waals surface area contributed by atoms with Crippen molar-refractivity contribution in [1.29, 1.82) is 0 Å². The van der Waals surface area contributed by atoms with Gasteiger partial charge in [-0.25, -0.2) is 4.79 Å². The molecular weight excluding hydrogens is 279 g/mol. The molecule has 0 amide bonds. The zero-order chi connectivity index (χ0) is 12.7. The van der Waals surface area contributed by atoms with Crippen LogP contribution in [0.4, 0.5) is 0 Å². The Hall–Kier alpha value is -1.39. The smallest absolute Gasteiger partial charge is 0.352 e. The third-order valence-electron chi connectivity index (χ3n) is 2.71. The molecule has 1 aromatic carbocycles. The summed E-state index contributed by atoms with van der Waals surface area (Å²) in [6.07, 6.45) is -0.664. The molecule has 1 atom stereocenters. The van der Waals surface area contributed by atoms with Crippen molar-refractivity contribution in [2.24, 2.45) is 0 Å². The van der Waals surface area contributed by atoms with Crippen LogP contribution in [0.2, 0.25) is 0 Å². The minimum absolute atomic E-state index is 0.0726. The maximum atomic E-state index is 11.3. The molecule has 0 saturated carbocycles. The fourth-order valence-corrected chi connectivity index (χ4v) is 2.25. The summed E-state index contributed by atoms with van der Waals surface area (Å²) in [6.45, 7) is 1.02. The molecule has 6 heteroatoms. The van der Waals surface area contributed by atoms with Gasteiger partial charge in [0.05, 0.1) is 5.03 Å². The largest absolute Gasteiger partial charge is 0.486 e. The van der Waals surface area contributed by atoms with Gasteiger partial charge in [-0.2, -0.15) is 0 Å². The Morgan fingerprint density at radius 1 is 1.11 bits per heavy atom. The van der Waals surface area contributed by atoms with Gasteiger partial charge in [0.1, 0.15) is 18.2 Å². The molecule has 0 saturated heterocycles. The van der Waals surface area contributed by atoms with Gasteiger partial charge in [-0.3, -0.25) is 0 Å². The van der Waals surface area contributed by atoms with E-state index in [1.807, 2.05) is 0 Å². The fourth-order valence-electron chi connectivity index (χ4n) is 1.86. The van der Waals surface area contributed by atoms with Gasteiger partial charge < -0.3 is 14.2 Å². The second kappa shape index (κ2) is 4.37. The highest BCUT2D eigenvalue weighted by molar-refractivity contribution is 6.48. The van der Waals surface area contributed by atoms with Gasteiger partial charge >= 0.3 is 5.97 Å². The Morgan fingerprint density at radius 2 is 1.83 bits per heavy atom. The monoisotopic (exact) mass is 286 g/mol. The number of fused-ring (bicyclic) bond motifs is 1. The molecule has 2 aliphatic rings. The molecule has 0 radical (unpaired) electrons. The molecule has 1 aromatic rings. The highest BCUT2D eigenvalue weighted by Crippen LogP contribution is 2.42. The average Bonchev–Trinajstić information content (AvgIpc) is 2.66. The lowest BCUT2D eigenvalue weighted by Gasteiger charge is -2.20. The summed E-state index contributed by atoms with van der Waals surface area (Å²) in [5, 5.41) is 0.120. The minimum atomic E-state index is -0.664. The summed E-state index contributed by atoms with van der Waals surface area (Å²) in [5.74, 6) is 0.671. The Kier molecular flexibility index (Phi) is 2.84. The van der Waals surface area contributed by atoms with Crippen LogP contribution in [0.5, 0.6) is 11.5 Å². The Balaban J connectivity index is 1.97. The molecule has 1 unspecified atom stereocenters. The molecule has 0 N–H and O–H groups in total. The Morgan fingerprint density at radius 3 is 2.50 bits per heavy atom. The van der Waals surface area contributed by atoms with Crippen LogP contribution in [-0.2, 0) is 9.53 Å². The zero-order valence-electron chi connectivity index (χ0n) is 9.11. The lowest BCUT2D eigenvalue weighted by atomic mass is 10.1. The van der Waals surface area contributed by atoms with Crippen molar-refractivity contribution < 1.29 is 19.0 Å². The van der Waals surface area contributed by atoms with Gasteiger partial charge in [-0.15, -0.1) is 0 Å². The van der Waals surface area contributed by atoms with E-state index in [0.717, 1.165) is 0 Å². The van der Waals surface area contributed by atoms with E-state index in [4.69, 9.17) is 37.4 Å². The van der Waals surface area contributed by atoms with Gasteiger partial charge in [0.15, 0.2) is 17.6 Å². The van der Waals surface area contributed by atoms with E-state index < -0.39 is 12.1 Å². The molecule has 4 nitrogen and oxygen atoms in total. The number of cyclic esters (lactones) is 1. The summed E-state index contributed by atoms with van der Waals surface area (Å²) in [4.78, 5) is 11.3. The molecule has 0 aromatic heterocycles. The molecule has 0 fully saturated rings. The molecule has 2 aliphatic heterocycles. The first-order valence-electron chi connectivity index (χ1n) is 5.32. The van der Waals surface area contributed by atoms with E-state index in [2.05, 4.69) is 0 Å². The number of ether oxygens (including phenoxy) is 3. The molecular formula is C12H8Cl2O4. The summed E-state index contributed by atoms with van der Waals surface area (Å²) >= 11 is 11.7. The number of carbonyl (C=O) groups is 1. The number of rotatable bonds is 1. The number of esters is 1. The normalized spacial score (nSPS) is 22.1. The number of carbonyl (C=O) groups excluding carboxylic acids is 1. The van der Waals surface area contributed by atoms with Crippen LogP contribution in [0.1, 0.15) is 11.7 Å². The van der Waals surface area contributed by atoms with E-state index in [1.54, 1.807) is 18.2 Å². The van der Waals surface area contributed by atoms with Crippen molar-refractivity contribution in [3.05, 3.63) is 33.8 Å². The summed E-state index contributed by atoms with van der Waals surface area (Å²) in [5.41, 5.74) is 0.702. The van der Waals surface area contributed by atoms with Crippen LogP contribution in [-0.4, -0.2) is 19.2 Å². The Bertz CT molecular complexity index is 553. The molecule has 94 valence electrons. The summed E-state index contributed by atoms with van der Waals surface area (Å²) < 4.78 is 16.0. The molecule has 18 heavy (non-hydrogen) atoms. The van der Waals surface area contributed by atoms with Crippen molar-refractivity contribution >= 4 is 29.2 Å². The third-order valence-corrected chi connectivity index (χ3v) is 3.55. The van der Waals surface area contributed by atoms with Crippen LogP contribution >= 0.6 is 23.2 Å². The van der Waals surface area contributed by atoms with Gasteiger partial charge in [-0.1, -0.05) is 29.3 Å². The predicted molar refractivity (Wildman–Crippen MR) is 65.0 cm³/mol. The lowest BCUT2D eigenvalue weighted by Crippen LogP contribution is -2.15. The highest BCUT2D eigenvalue weighted by atomic mass is 35.5. The first kappa shape index (κ1) is 11.7. The fraction of sp³-hybridized carbons (Fsp3) is 0.250. The standard InChI is InChI=1S/C12H8Cl2O4/c13-9-10(14)12(15)18-11(9)6-1-2-7-8(5-6)17-4-3-16-7/h1-2,5,11H,3-4H2. The SMILES string of the molecule is O=C1OC(c2ccc3c(c2)OCCO3)C(Cl)=C1Cl. The lowest BCUT2D eigenvalue weighted by molar-refractivity contribution is -0.139. The van der Waals surface area contributed by atoms with Crippen molar-refractivity contribution in [2.45, 2.75) is 6.10 Å². The highest BCUT2D eigenvalue weighted by Gasteiger charge is 2.34. The molecule has 0 bridgehead atoms. The number of halogens is 2. The average molecular weight is 287 g/mol. The summed E-state index contributed by atoms with van der Waals surface area (Å²) in [7, 11) is 0. The minimum Gasteiger partial charge on any atom is -0.486 e. The maximum Gasteiger partial charge on any atom is 0.352 e. The molecule has 3 rings (SSSR count). The van der Waals surface area contributed by atoms with Gasteiger partial charge in [0, 0.05) is 5.56 Å². The van der Waals surface area contributed by atoms with Crippen molar-refractivity contribution in [3.8, 4) is 11.5 Å². The van der Waals surface area contributed by atoms with Crippen LogP contribution in [0, 0.1) is 0 Å². The van der Waals surface area contributed by atoms with Crippen LogP contribution in [0.25, 0.3) is 0 Å². The van der Waals surface area contributed by atoms with Crippen molar-refractivity contribution in [2.75, 3.05) is 13.2 Å². The maximum absolute atomic E-state index is 11.3. The Labute approximate surface area is 113 Å². The first-order valence-corrected chi connectivity index (χ1v) is 6.08. The van der Waals surface area contributed by atoms with Gasteiger partial charge in [0.25, 0.3) is 0 Å². The topological polar surface area (TPSA) is 44.8 Å². The second-order valence-electron chi connectivity index (χ2n) is 3.85. The van der Waals surface area contributed by atoms with E-state index in [-0.39, 0.29) is 10.1 Å². The van der Waals surface area contributed by atoms with Crippen LogP contribution in [0.3, 0.4) is 0 Å². The molecule has 0 spiro atoms. The second-order valence-corrected chi connectivity index (χ2v) is 4.64. The van der Waals surface area contributed by atoms with E-state index in [9.17, 15) is 4.79 Å². The molecule has 0 aliphatic carbocycles. The van der Waals surface area contributed by atoms with Gasteiger partial charge in [0.2, 0.25) is 0 Å². The molecule has 2 heterocycles. The van der Waals surface area contributed by atoms with E-state index in [1.165, 1.54) is 0 Å². The van der Waals surface area contributed by atoms with E-state index in [0.29, 0.717) is 30.3 Å². The quantitative estimate of drug-likeness (QED) is 0.745. The third kappa shape index (κ3) is 1.82.